The van der Waals surface area contributed by atoms with Crippen LogP contribution in [0.2, 0.25) is 0 Å². The van der Waals surface area contributed by atoms with Crippen LogP contribution in [-0.4, -0.2) is 35.2 Å². The summed E-state index contributed by atoms with van der Waals surface area (Å²) in [5.74, 6) is -0.999. The molecule has 8 heteroatoms. The van der Waals surface area contributed by atoms with Crippen molar-refractivity contribution in [3.63, 3.8) is 0 Å². The highest BCUT2D eigenvalue weighted by Crippen LogP contribution is 2.23. The van der Waals surface area contributed by atoms with Crippen LogP contribution in [0, 0.1) is 0 Å². The Morgan fingerprint density at radius 2 is 1.61 bits per heavy atom. The molecule has 0 spiro atoms. The molecule has 0 bridgehead atoms. The van der Waals surface area contributed by atoms with Crippen LogP contribution in [0.3, 0.4) is 0 Å². The summed E-state index contributed by atoms with van der Waals surface area (Å²) in [4.78, 5) is 11.1. The van der Waals surface area contributed by atoms with Gasteiger partial charge in [0.25, 0.3) is 10.0 Å². The molecule has 1 aromatic heterocycles. The number of hydroxylamine groups is 1. The number of aromatic nitrogens is 1. The van der Waals surface area contributed by atoms with Gasteiger partial charge in [-0.3, -0.25) is 0 Å². The third-order valence-electron chi connectivity index (χ3n) is 4.10. The van der Waals surface area contributed by atoms with Crippen molar-refractivity contribution in [1.82, 2.24) is 9.45 Å². The van der Waals surface area contributed by atoms with Gasteiger partial charge in [0.05, 0.1) is 10.5 Å². The van der Waals surface area contributed by atoms with E-state index in [0.29, 0.717) is 5.56 Å². The average molecular weight is 398 g/mol. The number of rotatable bonds is 7. The summed E-state index contributed by atoms with van der Waals surface area (Å²) in [6.07, 6.45) is 6.30. The van der Waals surface area contributed by atoms with Gasteiger partial charge in [0.1, 0.15) is 0 Å². The van der Waals surface area contributed by atoms with Crippen molar-refractivity contribution in [3.8, 4) is 11.1 Å². The zero-order valence-electron chi connectivity index (χ0n) is 14.7. The Morgan fingerprint density at radius 3 is 2.18 bits per heavy atom. The molecule has 144 valence electrons. The first-order valence-corrected chi connectivity index (χ1v) is 9.77. The second-order valence-corrected chi connectivity index (χ2v) is 7.79. The maximum absolute atomic E-state index is 12.8. The lowest BCUT2D eigenvalue weighted by Crippen LogP contribution is -2.10. The number of carbonyl (C=O) groups is 1. The van der Waals surface area contributed by atoms with Crippen LogP contribution in [0.1, 0.15) is 15.9 Å². The van der Waals surface area contributed by atoms with E-state index in [0.717, 1.165) is 15.1 Å². The van der Waals surface area contributed by atoms with Gasteiger partial charge in [0.2, 0.25) is 0 Å². The maximum atomic E-state index is 12.8. The molecule has 0 fully saturated rings. The number of carboxylic acids is 1. The molecule has 0 saturated carbocycles. The van der Waals surface area contributed by atoms with Crippen molar-refractivity contribution in [3.05, 3.63) is 84.2 Å². The molecule has 0 atom stereocenters. The van der Waals surface area contributed by atoms with Crippen LogP contribution < -0.4 is 5.48 Å². The lowest BCUT2D eigenvalue weighted by atomic mass is 10.0. The molecular formula is C20H18N2O5S. The molecule has 2 aromatic carbocycles. The molecule has 7 nitrogen and oxygen atoms in total. The minimum atomic E-state index is -3.73. The summed E-state index contributed by atoms with van der Waals surface area (Å²) in [6.45, 7) is 0.257. The van der Waals surface area contributed by atoms with Crippen LogP contribution in [-0.2, 0) is 10.0 Å². The quantitative estimate of drug-likeness (QED) is 0.528. The van der Waals surface area contributed by atoms with Gasteiger partial charge in [-0.1, -0.05) is 36.4 Å². The van der Waals surface area contributed by atoms with E-state index in [2.05, 4.69) is 0 Å². The molecular weight excluding hydrogens is 380 g/mol. The van der Waals surface area contributed by atoms with E-state index >= 15 is 0 Å². The Bertz CT molecular complexity index is 1100. The van der Waals surface area contributed by atoms with Crippen LogP contribution in [0.15, 0.2) is 78.0 Å². The van der Waals surface area contributed by atoms with Gasteiger partial charge in [-0.2, -0.15) is 0 Å². The van der Waals surface area contributed by atoms with E-state index in [1.165, 1.54) is 36.7 Å². The van der Waals surface area contributed by atoms with Crippen molar-refractivity contribution in [2.45, 2.75) is 4.90 Å². The number of hydrogen-bond donors (Lipinski definition) is 3. The van der Waals surface area contributed by atoms with Crippen molar-refractivity contribution in [2.75, 3.05) is 6.54 Å². The van der Waals surface area contributed by atoms with Gasteiger partial charge >= 0.3 is 5.97 Å². The highest BCUT2D eigenvalue weighted by atomic mass is 32.2. The predicted octanol–water partition coefficient (Wildman–Crippen LogP) is 3.08. The number of aromatic carboxylic acids is 1. The van der Waals surface area contributed by atoms with Crippen LogP contribution in [0.25, 0.3) is 17.2 Å². The Morgan fingerprint density at radius 1 is 1.00 bits per heavy atom. The number of benzene rings is 2. The van der Waals surface area contributed by atoms with Gasteiger partial charge in [0.15, 0.2) is 0 Å². The SMILES string of the molecule is O=C(O)c1ccc(-c2ccc(S(=O)(=O)n3ccc(/C=C/CNO)c3)cc2)cc1. The fraction of sp³-hybridized carbons (Fsp3) is 0.0500. The van der Waals surface area contributed by atoms with Gasteiger partial charge in [-0.25, -0.2) is 22.7 Å². The van der Waals surface area contributed by atoms with E-state index in [1.54, 1.807) is 42.5 Å². The molecule has 0 unspecified atom stereocenters. The maximum Gasteiger partial charge on any atom is 0.335 e. The first-order valence-electron chi connectivity index (χ1n) is 8.32. The second-order valence-electron chi connectivity index (χ2n) is 5.95. The van der Waals surface area contributed by atoms with Crippen molar-refractivity contribution in [2.24, 2.45) is 0 Å². The van der Waals surface area contributed by atoms with E-state index < -0.39 is 16.0 Å². The summed E-state index contributed by atoms with van der Waals surface area (Å²) in [6, 6.07) is 14.4. The third-order valence-corrected chi connectivity index (χ3v) is 5.75. The summed E-state index contributed by atoms with van der Waals surface area (Å²) >= 11 is 0. The van der Waals surface area contributed by atoms with Crippen LogP contribution in [0.5, 0.6) is 0 Å². The van der Waals surface area contributed by atoms with Gasteiger partial charge in [-0.15, -0.1) is 0 Å². The molecule has 3 N–H and O–H groups in total. The fourth-order valence-corrected chi connectivity index (χ4v) is 3.84. The van der Waals surface area contributed by atoms with Crippen molar-refractivity contribution >= 4 is 22.1 Å². The molecule has 0 aliphatic heterocycles. The second kappa shape index (κ2) is 8.22. The smallest absolute Gasteiger partial charge is 0.335 e. The molecule has 3 rings (SSSR count). The first kappa shape index (κ1) is 19.6. The molecule has 0 saturated heterocycles. The summed E-state index contributed by atoms with van der Waals surface area (Å²) in [5, 5.41) is 17.5. The van der Waals surface area contributed by atoms with Crippen LogP contribution in [0.4, 0.5) is 0 Å². The Kier molecular flexibility index (Phi) is 5.74. The Hall–Kier alpha value is -3.20. The highest BCUT2D eigenvalue weighted by molar-refractivity contribution is 7.90. The number of carboxylic acid groups (broad SMARTS) is 1. The molecule has 28 heavy (non-hydrogen) atoms. The number of nitrogens with one attached hydrogen (secondary N) is 1. The average Bonchev–Trinajstić information content (AvgIpc) is 3.18. The first-order chi connectivity index (χ1) is 13.4. The highest BCUT2D eigenvalue weighted by Gasteiger charge is 2.16. The number of hydrogen-bond acceptors (Lipinski definition) is 5. The Balaban J connectivity index is 1.83. The van der Waals surface area contributed by atoms with E-state index in [4.69, 9.17) is 10.3 Å². The predicted molar refractivity (Wildman–Crippen MR) is 105 cm³/mol. The summed E-state index contributed by atoms with van der Waals surface area (Å²) in [7, 11) is -3.73. The van der Waals surface area contributed by atoms with Gasteiger partial charge in [0, 0.05) is 18.9 Å². The number of nitrogens with zero attached hydrogens (tertiary/aromatic N) is 1. The van der Waals surface area contributed by atoms with Crippen molar-refractivity contribution in [1.29, 1.82) is 0 Å². The zero-order chi connectivity index (χ0) is 20.1. The standard InChI is InChI=1S/C20H18N2O5S/c23-20(24)18-5-3-16(4-6-18)17-7-9-19(10-8-17)28(26,27)22-13-11-15(14-22)2-1-12-21-25/h1-11,13-14,21,25H,12H2,(H,23,24)/b2-1+. The summed E-state index contributed by atoms with van der Waals surface area (Å²) in [5.41, 5.74) is 4.44. The summed E-state index contributed by atoms with van der Waals surface area (Å²) < 4.78 is 26.7. The lowest BCUT2D eigenvalue weighted by molar-refractivity contribution is 0.0697. The molecule has 0 radical (unpaired) electrons. The van der Waals surface area contributed by atoms with Gasteiger partial charge in [-0.05, 0) is 47.0 Å². The van der Waals surface area contributed by atoms with E-state index in [-0.39, 0.29) is 17.0 Å². The largest absolute Gasteiger partial charge is 0.478 e. The zero-order valence-corrected chi connectivity index (χ0v) is 15.5. The Labute approximate surface area is 162 Å². The molecule has 3 aromatic rings. The van der Waals surface area contributed by atoms with E-state index in [1.807, 2.05) is 5.48 Å². The molecule has 0 aliphatic rings. The minimum Gasteiger partial charge on any atom is -0.478 e. The molecule has 1 heterocycles. The molecule has 0 aliphatic carbocycles. The van der Waals surface area contributed by atoms with Gasteiger partial charge < -0.3 is 10.3 Å². The monoisotopic (exact) mass is 398 g/mol. The van der Waals surface area contributed by atoms with Crippen LogP contribution >= 0.6 is 0 Å². The fourth-order valence-electron chi connectivity index (χ4n) is 2.63. The van der Waals surface area contributed by atoms with Crippen molar-refractivity contribution < 1.29 is 23.5 Å². The minimum absolute atomic E-state index is 0.140. The lowest BCUT2D eigenvalue weighted by Gasteiger charge is -2.07. The topological polar surface area (TPSA) is 109 Å². The van der Waals surface area contributed by atoms with E-state index in [9.17, 15) is 13.2 Å². The molecule has 0 amide bonds. The normalized spacial score (nSPS) is 11.8. The third kappa shape index (κ3) is 4.20.